The molecule has 1 rings (SSSR count). The van der Waals surface area contributed by atoms with Gasteiger partial charge in [0.1, 0.15) is 30.2 Å². The van der Waals surface area contributed by atoms with Crippen molar-refractivity contribution in [1.29, 1.82) is 0 Å². The van der Waals surface area contributed by atoms with Gasteiger partial charge in [0.25, 0.3) is 0 Å². The fraction of sp³-hybridized carbons (Fsp3) is 0.917. The molecule has 4 N–H and O–H groups in total. The van der Waals surface area contributed by atoms with Gasteiger partial charge in [-0.25, -0.2) is 0 Å². The maximum atomic E-state index is 11.1. The monoisotopic (exact) mass is 278 g/mol. The predicted octanol–water partition coefficient (Wildman–Crippen LogP) is -1.44. The van der Waals surface area contributed by atoms with Crippen LogP contribution in [0.15, 0.2) is 0 Å². The minimum Gasteiger partial charge on any atom is -0.394 e. The second-order valence-electron chi connectivity index (χ2n) is 4.56. The average Bonchev–Trinajstić information content (AvgIpc) is 2.42. The molecule has 19 heavy (non-hydrogen) atoms. The third-order valence-corrected chi connectivity index (χ3v) is 3.12. The van der Waals surface area contributed by atoms with Crippen LogP contribution in [0.4, 0.5) is 0 Å². The third kappa shape index (κ3) is 4.48. The molecule has 1 aliphatic heterocycles. The lowest BCUT2D eigenvalue weighted by atomic mass is 9.99. The Morgan fingerprint density at radius 2 is 1.89 bits per heavy atom. The quantitative estimate of drug-likeness (QED) is 0.421. The number of aliphatic hydroxyl groups is 4. The zero-order valence-electron chi connectivity index (χ0n) is 10.9. The van der Waals surface area contributed by atoms with Crippen molar-refractivity contribution in [1.82, 2.24) is 0 Å². The van der Waals surface area contributed by atoms with E-state index < -0.39 is 37.3 Å². The van der Waals surface area contributed by atoms with E-state index in [1.165, 1.54) is 0 Å². The molecule has 1 heterocycles. The van der Waals surface area contributed by atoms with Crippen LogP contribution in [0, 0.1) is 0 Å². The highest BCUT2D eigenvalue weighted by atomic mass is 16.7. The van der Waals surface area contributed by atoms with Gasteiger partial charge in [-0.15, -0.1) is 0 Å². The summed E-state index contributed by atoms with van der Waals surface area (Å²) in [6, 6.07) is 0. The lowest BCUT2D eigenvalue weighted by Gasteiger charge is -2.39. The van der Waals surface area contributed by atoms with E-state index in [0.717, 1.165) is 0 Å². The maximum absolute atomic E-state index is 11.1. The van der Waals surface area contributed by atoms with E-state index in [4.69, 9.17) is 14.6 Å². The fourth-order valence-corrected chi connectivity index (χ4v) is 1.85. The van der Waals surface area contributed by atoms with Gasteiger partial charge >= 0.3 is 0 Å². The van der Waals surface area contributed by atoms with Crippen LogP contribution >= 0.6 is 0 Å². The Bertz CT molecular complexity index is 281. The van der Waals surface area contributed by atoms with Gasteiger partial charge in [0, 0.05) is 12.8 Å². The topological polar surface area (TPSA) is 116 Å². The molecule has 0 aliphatic carbocycles. The molecular formula is C12H22O7. The van der Waals surface area contributed by atoms with Crippen LogP contribution in [-0.4, -0.2) is 70.1 Å². The van der Waals surface area contributed by atoms with E-state index in [1.54, 1.807) is 6.92 Å². The van der Waals surface area contributed by atoms with Gasteiger partial charge in [-0.1, -0.05) is 6.92 Å². The van der Waals surface area contributed by atoms with Gasteiger partial charge in [-0.05, 0) is 6.42 Å². The molecule has 0 aromatic heterocycles. The van der Waals surface area contributed by atoms with Gasteiger partial charge in [-0.3, -0.25) is 4.79 Å². The number of rotatable bonds is 7. The Kier molecular flexibility index (Phi) is 6.84. The summed E-state index contributed by atoms with van der Waals surface area (Å²) in [5, 5.41) is 37.7. The molecule has 0 radical (unpaired) electrons. The highest BCUT2D eigenvalue weighted by Gasteiger charge is 2.43. The Labute approximate surface area is 111 Å². The molecule has 112 valence electrons. The van der Waals surface area contributed by atoms with Crippen molar-refractivity contribution in [2.24, 2.45) is 0 Å². The van der Waals surface area contributed by atoms with E-state index in [-0.39, 0.29) is 12.4 Å². The molecule has 0 unspecified atom stereocenters. The minimum absolute atomic E-state index is 0.123. The van der Waals surface area contributed by atoms with Crippen molar-refractivity contribution in [2.75, 3.05) is 13.2 Å². The number of ketones is 1. The molecular weight excluding hydrogens is 256 g/mol. The fourth-order valence-electron chi connectivity index (χ4n) is 1.85. The largest absolute Gasteiger partial charge is 0.394 e. The Morgan fingerprint density at radius 1 is 1.21 bits per heavy atom. The summed E-state index contributed by atoms with van der Waals surface area (Å²) in [7, 11) is 0. The Morgan fingerprint density at radius 3 is 2.47 bits per heavy atom. The summed E-state index contributed by atoms with van der Waals surface area (Å²) in [5.74, 6) is 0.123. The Hall–Kier alpha value is -0.570. The van der Waals surface area contributed by atoms with E-state index in [9.17, 15) is 20.1 Å². The number of hydrogen-bond acceptors (Lipinski definition) is 7. The van der Waals surface area contributed by atoms with Crippen LogP contribution in [-0.2, 0) is 14.3 Å². The van der Waals surface area contributed by atoms with Gasteiger partial charge in [-0.2, -0.15) is 0 Å². The van der Waals surface area contributed by atoms with Crippen molar-refractivity contribution in [2.45, 2.75) is 56.9 Å². The average molecular weight is 278 g/mol. The van der Waals surface area contributed by atoms with E-state index in [2.05, 4.69) is 0 Å². The number of Topliss-reactive ketones (excluding diaryl/α,β-unsaturated/α-hetero) is 1. The second-order valence-corrected chi connectivity index (χ2v) is 4.56. The molecule has 0 bridgehead atoms. The summed E-state index contributed by atoms with van der Waals surface area (Å²) in [6.07, 6.45) is -4.96. The molecule has 0 saturated carbocycles. The lowest BCUT2D eigenvalue weighted by molar-refractivity contribution is -0.301. The minimum atomic E-state index is -1.44. The van der Waals surface area contributed by atoms with Crippen molar-refractivity contribution in [3.05, 3.63) is 0 Å². The Balaban J connectivity index is 2.37. The predicted molar refractivity (Wildman–Crippen MR) is 64.3 cm³/mol. The molecule has 0 amide bonds. The number of ether oxygens (including phenoxy) is 2. The molecule has 1 aliphatic rings. The van der Waals surface area contributed by atoms with Gasteiger partial charge in [0.15, 0.2) is 6.29 Å². The summed E-state index contributed by atoms with van der Waals surface area (Å²) < 4.78 is 10.4. The van der Waals surface area contributed by atoms with Crippen LogP contribution in [0.3, 0.4) is 0 Å². The van der Waals surface area contributed by atoms with Crippen molar-refractivity contribution in [3.63, 3.8) is 0 Å². The number of hydrogen-bond donors (Lipinski definition) is 4. The van der Waals surface area contributed by atoms with Crippen LogP contribution in [0.25, 0.3) is 0 Å². The van der Waals surface area contributed by atoms with Crippen molar-refractivity contribution >= 4 is 5.78 Å². The number of carbonyl (C=O) groups excluding carboxylic acids is 1. The number of aliphatic hydroxyl groups excluding tert-OH is 4. The molecule has 0 spiro atoms. The molecule has 5 atom stereocenters. The third-order valence-electron chi connectivity index (χ3n) is 3.12. The second kappa shape index (κ2) is 7.88. The smallest absolute Gasteiger partial charge is 0.186 e. The van der Waals surface area contributed by atoms with E-state index in [1.807, 2.05) is 0 Å². The molecule has 0 aromatic carbocycles. The summed E-state index contributed by atoms with van der Waals surface area (Å²) in [5.41, 5.74) is 0. The molecule has 1 saturated heterocycles. The zero-order chi connectivity index (χ0) is 14.4. The van der Waals surface area contributed by atoms with Gasteiger partial charge < -0.3 is 29.9 Å². The van der Waals surface area contributed by atoms with Crippen LogP contribution in [0.5, 0.6) is 0 Å². The first-order chi connectivity index (χ1) is 9.01. The van der Waals surface area contributed by atoms with Crippen molar-refractivity contribution < 1.29 is 34.7 Å². The molecule has 7 nitrogen and oxygen atoms in total. The van der Waals surface area contributed by atoms with Crippen molar-refractivity contribution in [3.8, 4) is 0 Å². The van der Waals surface area contributed by atoms with E-state index in [0.29, 0.717) is 19.3 Å². The molecule has 1 fully saturated rings. The first-order valence-corrected chi connectivity index (χ1v) is 6.45. The van der Waals surface area contributed by atoms with Gasteiger partial charge in [0.05, 0.1) is 13.2 Å². The highest BCUT2D eigenvalue weighted by molar-refractivity contribution is 5.77. The SMILES string of the molecule is CCC(=O)CCCO[C@@H]1O[C@H](CO)[C@@H](O)[C@H](O)[C@H]1O. The first-order valence-electron chi connectivity index (χ1n) is 6.45. The van der Waals surface area contributed by atoms with Crippen LogP contribution in [0.1, 0.15) is 26.2 Å². The molecule has 7 heteroatoms. The molecule has 0 aromatic rings. The normalized spacial score (nSPS) is 35.3. The summed E-state index contributed by atoms with van der Waals surface area (Å²) >= 11 is 0. The zero-order valence-corrected chi connectivity index (χ0v) is 10.9. The van der Waals surface area contributed by atoms with Crippen LogP contribution in [0.2, 0.25) is 0 Å². The van der Waals surface area contributed by atoms with Crippen LogP contribution < -0.4 is 0 Å². The summed E-state index contributed by atoms with van der Waals surface area (Å²) in [6.45, 7) is 1.48. The highest BCUT2D eigenvalue weighted by Crippen LogP contribution is 2.22. The van der Waals surface area contributed by atoms with E-state index >= 15 is 0 Å². The van der Waals surface area contributed by atoms with Gasteiger partial charge in [0.2, 0.25) is 0 Å². The maximum Gasteiger partial charge on any atom is 0.186 e. The number of carbonyl (C=O) groups is 1. The summed E-state index contributed by atoms with van der Waals surface area (Å²) in [4.78, 5) is 11.1. The lowest BCUT2D eigenvalue weighted by Crippen LogP contribution is -2.59. The first kappa shape index (κ1) is 16.5. The standard InChI is InChI=1S/C12H22O7/c1-2-7(14)4-3-5-18-12-11(17)10(16)9(15)8(6-13)19-12/h8-13,15-17H,2-6H2,1H3/t8-,9-,10+,11-,12-/m1/s1.